The lowest BCUT2D eigenvalue weighted by molar-refractivity contribution is -0.180. The van der Waals surface area contributed by atoms with E-state index in [1.54, 1.807) is 18.3 Å². The molecule has 0 radical (unpaired) electrons. The molecule has 1 aromatic heterocycles. The molecule has 2 heterocycles. The number of amides is 1. The van der Waals surface area contributed by atoms with E-state index in [4.69, 9.17) is 9.47 Å². The molecule has 0 aliphatic carbocycles. The molecular weight excluding hydrogens is 280 g/mol. The van der Waals surface area contributed by atoms with Gasteiger partial charge in [0, 0.05) is 25.0 Å². The zero-order chi connectivity index (χ0) is 15.7. The first-order valence-corrected chi connectivity index (χ1v) is 7.14. The van der Waals surface area contributed by atoms with Gasteiger partial charge in [-0.15, -0.1) is 0 Å². The van der Waals surface area contributed by atoms with Gasteiger partial charge >= 0.3 is 0 Å². The molecule has 1 aliphatic rings. The largest absolute Gasteiger partial charge is 0.461 e. The van der Waals surface area contributed by atoms with Crippen LogP contribution in [0.4, 0.5) is 5.69 Å². The Morgan fingerprint density at radius 2 is 2.00 bits per heavy atom. The fourth-order valence-electron chi connectivity index (χ4n) is 2.33. The number of fused-ring (bicyclic) bond motifs is 1. The van der Waals surface area contributed by atoms with Crippen LogP contribution < -0.4 is 10.1 Å². The molecule has 0 bridgehead atoms. The second-order valence-corrected chi connectivity index (χ2v) is 5.68. The first kappa shape index (κ1) is 14.5. The van der Waals surface area contributed by atoms with E-state index in [1.165, 1.54) is 0 Å². The number of pyridine rings is 1. The van der Waals surface area contributed by atoms with Crippen molar-refractivity contribution in [2.45, 2.75) is 33.2 Å². The van der Waals surface area contributed by atoms with Crippen molar-refractivity contribution in [1.82, 2.24) is 4.98 Å². The summed E-state index contributed by atoms with van der Waals surface area (Å²) in [5.74, 6) is -0.193. The van der Waals surface area contributed by atoms with Gasteiger partial charge in [0.2, 0.25) is 5.79 Å². The normalized spacial score (nSPS) is 15.6. The summed E-state index contributed by atoms with van der Waals surface area (Å²) in [6.45, 7) is 5.95. The van der Waals surface area contributed by atoms with E-state index in [0.717, 1.165) is 11.3 Å². The molecule has 1 amide bonds. The van der Waals surface area contributed by atoms with Crippen LogP contribution in [0.5, 0.6) is 5.75 Å². The van der Waals surface area contributed by atoms with Gasteiger partial charge in [0.1, 0.15) is 0 Å². The van der Waals surface area contributed by atoms with Crippen molar-refractivity contribution in [3.8, 4) is 5.75 Å². The highest BCUT2D eigenvalue weighted by Crippen LogP contribution is 2.37. The number of rotatable bonds is 2. The van der Waals surface area contributed by atoms with Crippen LogP contribution in [0.15, 0.2) is 36.5 Å². The average molecular weight is 298 g/mol. The summed E-state index contributed by atoms with van der Waals surface area (Å²) in [5.41, 5.74) is 2.81. The lowest BCUT2D eigenvalue weighted by Gasteiger charge is -2.34. The Kier molecular flexibility index (Phi) is 3.58. The number of hydrogen-bond acceptors (Lipinski definition) is 4. The molecule has 5 nitrogen and oxygen atoms in total. The molecule has 0 spiro atoms. The van der Waals surface area contributed by atoms with Crippen LogP contribution in [0.2, 0.25) is 0 Å². The van der Waals surface area contributed by atoms with E-state index < -0.39 is 5.79 Å². The molecule has 114 valence electrons. The Hall–Kier alpha value is -2.40. The number of benzene rings is 1. The Morgan fingerprint density at radius 1 is 1.27 bits per heavy atom. The highest BCUT2D eigenvalue weighted by Gasteiger charge is 2.31. The number of anilines is 1. The van der Waals surface area contributed by atoms with Crippen molar-refractivity contribution < 1.29 is 14.3 Å². The Labute approximate surface area is 129 Å². The summed E-state index contributed by atoms with van der Waals surface area (Å²) >= 11 is 0. The molecule has 0 fully saturated rings. The summed E-state index contributed by atoms with van der Waals surface area (Å²) in [5, 5.41) is 2.88. The quantitative estimate of drug-likeness (QED) is 0.924. The monoisotopic (exact) mass is 298 g/mol. The first-order chi connectivity index (χ1) is 10.5. The Morgan fingerprint density at radius 3 is 2.73 bits per heavy atom. The topological polar surface area (TPSA) is 60.5 Å². The summed E-state index contributed by atoms with van der Waals surface area (Å²) < 4.78 is 11.5. The van der Waals surface area contributed by atoms with Gasteiger partial charge in [0.25, 0.3) is 5.91 Å². The third-order valence-corrected chi connectivity index (χ3v) is 3.51. The highest BCUT2D eigenvalue weighted by molar-refractivity contribution is 6.04. The number of ether oxygens (including phenoxy) is 2. The minimum Gasteiger partial charge on any atom is -0.461 e. The fraction of sp³-hybridized carbons (Fsp3) is 0.294. The van der Waals surface area contributed by atoms with E-state index in [9.17, 15) is 4.79 Å². The number of nitrogens with zero attached hydrogens (tertiary/aromatic N) is 1. The average Bonchev–Trinajstić information content (AvgIpc) is 2.50. The fourth-order valence-corrected chi connectivity index (χ4v) is 2.33. The van der Waals surface area contributed by atoms with E-state index in [0.29, 0.717) is 23.6 Å². The molecule has 1 aliphatic heterocycles. The van der Waals surface area contributed by atoms with Gasteiger partial charge in [-0.05, 0) is 19.1 Å². The third-order valence-electron chi connectivity index (χ3n) is 3.51. The minimum atomic E-state index is -0.693. The van der Waals surface area contributed by atoms with E-state index in [2.05, 4.69) is 10.3 Å². The van der Waals surface area contributed by atoms with Crippen molar-refractivity contribution in [2.75, 3.05) is 5.32 Å². The molecule has 0 saturated heterocycles. The Bertz CT molecular complexity index is 711. The number of aromatic nitrogens is 1. The standard InChI is InChI=1S/C17H18N2O3/c1-11-15-13(10-21-17(2,3)22-15)14(9-18-11)19-16(20)12-7-5-4-6-8-12/h4-9H,10H2,1-3H3,(H,19,20). The van der Waals surface area contributed by atoms with Crippen LogP contribution in [0, 0.1) is 6.92 Å². The lowest BCUT2D eigenvalue weighted by atomic mass is 10.1. The van der Waals surface area contributed by atoms with Crippen molar-refractivity contribution in [1.29, 1.82) is 0 Å². The predicted molar refractivity (Wildman–Crippen MR) is 82.9 cm³/mol. The highest BCUT2D eigenvalue weighted by atomic mass is 16.7. The summed E-state index contributed by atoms with van der Waals surface area (Å²) in [6, 6.07) is 9.05. The maximum Gasteiger partial charge on any atom is 0.255 e. The molecular formula is C17H18N2O3. The molecule has 3 rings (SSSR count). The van der Waals surface area contributed by atoms with Gasteiger partial charge < -0.3 is 14.8 Å². The predicted octanol–water partition coefficient (Wildman–Crippen LogP) is 3.29. The summed E-state index contributed by atoms with van der Waals surface area (Å²) in [7, 11) is 0. The van der Waals surface area contributed by atoms with Crippen LogP contribution >= 0.6 is 0 Å². The Balaban J connectivity index is 1.91. The summed E-state index contributed by atoms with van der Waals surface area (Å²) in [4.78, 5) is 16.6. The van der Waals surface area contributed by atoms with E-state index in [1.807, 2.05) is 39.0 Å². The van der Waals surface area contributed by atoms with Gasteiger partial charge in [0.05, 0.1) is 24.2 Å². The molecule has 0 atom stereocenters. The van der Waals surface area contributed by atoms with Crippen LogP contribution in [0.3, 0.4) is 0 Å². The molecule has 2 aromatic rings. The van der Waals surface area contributed by atoms with Gasteiger partial charge in [-0.1, -0.05) is 18.2 Å². The second kappa shape index (κ2) is 5.42. The molecule has 1 aromatic carbocycles. The van der Waals surface area contributed by atoms with Crippen molar-refractivity contribution in [2.24, 2.45) is 0 Å². The molecule has 5 heteroatoms. The number of hydrogen-bond donors (Lipinski definition) is 1. The van der Waals surface area contributed by atoms with E-state index in [-0.39, 0.29) is 5.91 Å². The molecule has 0 saturated carbocycles. The molecule has 22 heavy (non-hydrogen) atoms. The van der Waals surface area contributed by atoms with Crippen molar-refractivity contribution in [3.63, 3.8) is 0 Å². The zero-order valence-electron chi connectivity index (χ0n) is 12.8. The third kappa shape index (κ3) is 2.80. The second-order valence-electron chi connectivity index (χ2n) is 5.68. The zero-order valence-corrected chi connectivity index (χ0v) is 12.8. The van der Waals surface area contributed by atoms with Crippen LogP contribution in [-0.2, 0) is 11.3 Å². The first-order valence-electron chi connectivity index (χ1n) is 7.14. The van der Waals surface area contributed by atoms with Gasteiger partial charge in [-0.3, -0.25) is 9.78 Å². The number of carbonyl (C=O) groups is 1. The van der Waals surface area contributed by atoms with Gasteiger partial charge in [0.15, 0.2) is 5.75 Å². The number of nitrogens with one attached hydrogen (secondary N) is 1. The molecule has 1 N–H and O–H groups in total. The van der Waals surface area contributed by atoms with E-state index >= 15 is 0 Å². The maximum atomic E-state index is 12.3. The number of carbonyl (C=O) groups excluding carboxylic acids is 1. The van der Waals surface area contributed by atoms with Gasteiger partial charge in [-0.2, -0.15) is 0 Å². The summed E-state index contributed by atoms with van der Waals surface area (Å²) in [6.07, 6.45) is 1.64. The molecule has 0 unspecified atom stereocenters. The SMILES string of the molecule is Cc1ncc(NC(=O)c2ccccc2)c2c1OC(C)(C)OC2. The maximum absolute atomic E-state index is 12.3. The number of aryl methyl sites for hydroxylation is 1. The lowest BCUT2D eigenvalue weighted by Crippen LogP contribution is -2.36. The van der Waals surface area contributed by atoms with Crippen molar-refractivity contribution >= 4 is 11.6 Å². The van der Waals surface area contributed by atoms with Crippen LogP contribution in [0.1, 0.15) is 35.5 Å². The minimum absolute atomic E-state index is 0.182. The van der Waals surface area contributed by atoms with Crippen LogP contribution in [-0.4, -0.2) is 16.7 Å². The van der Waals surface area contributed by atoms with Gasteiger partial charge in [-0.25, -0.2) is 0 Å². The van der Waals surface area contributed by atoms with Crippen LogP contribution in [0.25, 0.3) is 0 Å². The smallest absolute Gasteiger partial charge is 0.255 e. The van der Waals surface area contributed by atoms with Crippen molar-refractivity contribution in [3.05, 3.63) is 53.3 Å².